The summed E-state index contributed by atoms with van der Waals surface area (Å²) in [5.74, 6) is -0.578. The quantitative estimate of drug-likeness (QED) is 0.879. The van der Waals surface area contributed by atoms with Crippen LogP contribution in [0.1, 0.15) is 39.0 Å². The molecule has 106 valence electrons. The van der Waals surface area contributed by atoms with Crippen LogP contribution in [0.15, 0.2) is 28.7 Å². The Morgan fingerprint density at radius 1 is 1.33 bits per heavy atom. The SMILES string of the molecule is CC(=O)c1c(C)oc(NC(=O)c2ccccc2Cl)c1C#N. The molecule has 0 unspecified atom stereocenters. The highest BCUT2D eigenvalue weighted by Crippen LogP contribution is 2.27. The van der Waals surface area contributed by atoms with E-state index in [0.29, 0.717) is 0 Å². The molecule has 1 N–H and O–H groups in total. The van der Waals surface area contributed by atoms with Gasteiger partial charge < -0.3 is 4.42 Å². The first-order valence-electron chi connectivity index (χ1n) is 6.06. The minimum absolute atomic E-state index is 0.0143. The van der Waals surface area contributed by atoms with E-state index in [9.17, 15) is 9.59 Å². The molecule has 5 nitrogen and oxygen atoms in total. The van der Waals surface area contributed by atoms with Gasteiger partial charge in [-0.05, 0) is 26.0 Å². The molecule has 1 aromatic carbocycles. The molecule has 0 bridgehead atoms. The number of hydrogen-bond donors (Lipinski definition) is 1. The molecular formula is C15H11ClN2O3. The lowest BCUT2D eigenvalue weighted by Crippen LogP contribution is -2.12. The lowest BCUT2D eigenvalue weighted by atomic mass is 10.1. The van der Waals surface area contributed by atoms with Gasteiger partial charge in [-0.15, -0.1) is 0 Å². The predicted molar refractivity (Wildman–Crippen MR) is 77.6 cm³/mol. The van der Waals surface area contributed by atoms with Gasteiger partial charge in [0, 0.05) is 0 Å². The molecule has 0 fully saturated rings. The number of rotatable bonds is 3. The summed E-state index contributed by atoms with van der Waals surface area (Å²) in [5, 5.41) is 11.9. The highest BCUT2D eigenvalue weighted by atomic mass is 35.5. The molecule has 0 aliphatic rings. The number of carbonyl (C=O) groups is 2. The van der Waals surface area contributed by atoms with Crippen molar-refractivity contribution in [2.45, 2.75) is 13.8 Å². The summed E-state index contributed by atoms with van der Waals surface area (Å²) in [4.78, 5) is 23.7. The van der Waals surface area contributed by atoms with Crippen LogP contribution in [0, 0.1) is 18.3 Å². The van der Waals surface area contributed by atoms with Crippen molar-refractivity contribution in [3.05, 3.63) is 51.7 Å². The molecule has 0 saturated carbocycles. The van der Waals surface area contributed by atoms with Gasteiger partial charge in [0.1, 0.15) is 17.4 Å². The summed E-state index contributed by atoms with van der Waals surface area (Å²) in [6.45, 7) is 2.89. The molecule has 0 saturated heterocycles. The smallest absolute Gasteiger partial charge is 0.259 e. The van der Waals surface area contributed by atoms with Gasteiger partial charge in [0.2, 0.25) is 5.88 Å². The highest BCUT2D eigenvalue weighted by molar-refractivity contribution is 6.34. The molecule has 6 heteroatoms. The zero-order valence-corrected chi connectivity index (χ0v) is 12.1. The summed E-state index contributed by atoms with van der Waals surface area (Å²) in [5.41, 5.74) is 0.439. The number of anilines is 1. The number of ketones is 1. The van der Waals surface area contributed by atoms with Gasteiger partial charge in [0.25, 0.3) is 5.91 Å². The third kappa shape index (κ3) is 2.81. The Bertz CT molecular complexity index is 772. The maximum atomic E-state index is 12.1. The van der Waals surface area contributed by atoms with Crippen molar-refractivity contribution < 1.29 is 14.0 Å². The van der Waals surface area contributed by atoms with E-state index in [4.69, 9.17) is 21.3 Å². The van der Waals surface area contributed by atoms with Crippen LogP contribution in [0.2, 0.25) is 5.02 Å². The summed E-state index contributed by atoms with van der Waals surface area (Å²) >= 11 is 5.94. The Morgan fingerprint density at radius 3 is 2.57 bits per heavy atom. The Hall–Kier alpha value is -2.58. The fourth-order valence-corrected chi connectivity index (χ4v) is 2.20. The van der Waals surface area contributed by atoms with Gasteiger partial charge in [-0.1, -0.05) is 23.7 Å². The maximum absolute atomic E-state index is 12.1. The van der Waals surface area contributed by atoms with Crippen LogP contribution < -0.4 is 5.32 Å². The molecule has 1 heterocycles. The summed E-state index contributed by atoms with van der Waals surface area (Å²) in [7, 11) is 0. The molecule has 0 aliphatic heterocycles. The van der Waals surface area contributed by atoms with Crippen LogP contribution in [0.3, 0.4) is 0 Å². The number of Topliss-reactive ketones (excluding diaryl/α,β-unsaturated/α-hetero) is 1. The number of benzene rings is 1. The van der Waals surface area contributed by atoms with Crippen LogP contribution in [-0.2, 0) is 0 Å². The molecule has 0 spiro atoms. The number of halogens is 1. The fraction of sp³-hybridized carbons (Fsp3) is 0.133. The second-order valence-corrected chi connectivity index (χ2v) is 4.75. The predicted octanol–water partition coefficient (Wildman–Crippen LogP) is 3.57. The minimum atomic E-state index is -0.513. The van der Waals surface area contributed by atoms with Crippen molar-refractivity contribution in [3.8, 4) is 6.07 Å². The molecule has 2 rings (SSSR count). The highest BCUT2D eigenvalue weighted by Gasteiger charge is 2.23. The van der Waals surface area contributed by atoms with Crippen molar-refractivity contribution >= 4 is 29.2 Å². The Morgan fingerprint density at radius 2 is 2.00 bits per heavy atom. The third-order valence-corrected chi connectivity index (χ3v) is 3.22. The lowest BCUT2D eigenvalue weighted by molar-refractivity contribution is 0.101. The molecule has 1 amide bonds. The van der Waals surface area contributed by atoms with E-state index in [1.54, 1.807) is 31.2 Å². The van der Waals surface area contributed by atoms with E-state index in [1.165, 1.54) is 6.92 Å². The Balaban J connectivity index is 2.40. The molecule has 1 aromatic heterocycles. The maximum Gasteiger partial charge on any atom is 0.259 e. The summed E-state index contributed by atoms with van der Waals surface area (Å²) in [6, 6.07) is 8.37. The average Bonchev–Trinajstić information content (AvgIpc) is 2.74. The molecule has 2 aromatic rings. The lowest BCUT2D eigenvalue weighted by Gasteiger charge is -2.04. The van der Waals surface area contributed by atoms with Crippen molar-refractivity contribution in [1.82, 2.24) is 0 Å². The molecular weight excluding hydrogens is 292 g/mol. The van der Waals surface area contributed by atoms with Crippen molar-refractivity contribution in [1.29, 1.82) is 5.26 Å². The van der Waals surface area contributed by atoms with Gasteiger partial charge >= 0.3 is 0 Å². The first-order chi connectivity index (χ1) is 9.95. The largest absolute Gasteiger partial charge is 0.443 e. The second-order valence-electron chi connectivity index (χ2n) is 4.34. The van der Waals surface area contributed by atoms with Crippen LogP contribution >= 0.6 is 11.6 Å². The van der Waals surface area contributed by atoms with E-state index in [1.807, 2.05) is 6.07 Å². The van der Waals surface area contributed by atoms with Gasteiger partial charge in [0.15, 0.2) is 5.78 Å². The number of nitrogens with one attached hydrogen (secondary N) is 1. The van der Waals surface area contributed by atoms with Crippen LogP contribution in [-0.4, -0.2) is 11.7 Å². The van der Waals surface area contributed by atoms with Gasteiger partial charge in [0.05, 0.1) is 16.1 Å². The van der Waals surface area contributed by atoms with Crippen LogP contribution in [0.5, 0.6) is 0 Å². The van der Waals surface area contributed by atoms with E-state index >= 15 is 0 Å². The number of hydrogen-bond acceptors (Lipinski definition) is 4. The fourth-order valence-electron chi connectivity index (χ4n) is 1.98. The van der Waals surface area contributed by atoms with Gasteiger partial charge in [-0.3, -0.25) is 14.9 Å². The minimum Gasteiger partial charge on any atom is -0.443 e. The number of amides is 1. The number of nitrogens with zero attached hydrogens (tertiary/aromatic N) is 1. The summed E-state index contributed by atoms with van der Waals surface area (Å²) < 4.78 is 5.31. The van der Waals surface area contributed by atoms with Gasteiger partial charge in [-0.25, -0.2) is 0 Å². The second kappa shape index (κ2) is 5.81. The Labute approximate surface area is 126 Å². The standard InChI is InChI=1S/C15H11ClN2O3/c1-8(19)13-9(2)21-15(11(13)7-17)18-14(20)10-5-3-4-6-12(10)16/h3-6H,1-2H3,(H,18,20). The van der Waals surface area contributed by atoms with Crippen molar-refractivity contribution in [3.63, 3.8) is 0 Å². The molecule has 0 aliphatic carbocycles. The third-order valence-electron chi connectivity index (χ3n) is 2.89. The van der Waals surface area contributed by atoms with Crippen LogP contribution in [0.25, 0.3) is 0 Å². The Kier molecular flexibility index (Phi) is 4.10. The topological polar surface area (TPSA) is 83.1 Å². The van der Waals surface area contributed by atoms with Crippen molar-refractivity contribution in [2.75, 3.05) is 5.32 Å². The van der Waals surface area contributed by atoms with E-state index < -0.39 is 5.91 Å². The number of furan rings is 1. The number of aryl methyl sites for hydroxylation is 1. The molecule has 0 radical (unpaired) electrons. The van der Waals surface area contributed by atoms with E-state index in [2.05, 4.69) is 5.32 Å². The molecule has 21 heavy (non-hydrogen) atoms. The number of nitriles is 1. The van der Waals surface area contributed by atoms with Crippen LogP contribution in [0.4, 0.5) is 5.88 Å². The average molecular weight is 303 g/mol. The van der Waals surface area contributed by atoms with E-state index in [0.717, 1.165) is 0 Å². The zero-order chi connectivity index (χ0) is 15.6. The first kappa shape index (κ1) is 14.8. The van der Waals surface area contributed by atoms with E-state index in [-0.39, 0.29) is 39.1 Å². The monoisotopic (exact) mass is 302 g/mol. The summed E-state index contributed by atoms with van der Waals surface area (Å²) in [6.07, 6.45) is 0. The normalized spacial score (nSPS) is 10.0. The van der Waals surface area contributed by atoms with Gasteiger partial charge in [-0.2, -0.15) is 5.26 Å². The first-order valence-corrected chi connectivity index (χ1v) is 6.43. The van der Waals surface area contributed by atoms with Crippen molar-refractivity contribution in [2.24, 2.45) is 0 Å². The number of carbonyl (C=O) groups excluding carboxylic acids is 2. The zero-order valence-electron chi connectivity index (χ0n) is 11.4. The molecule has 0 atom stereocenters.